The molecule has 1 aliphatic heterocycles. The number of H-pyrrole nitrogens is 1. The second-order valence-corrected chi connectivity index (χ2v) is 8.54. The van der Waals surface area contributed by atoms with Crippen LogP contribution in [0.1, 0.15) is 72.1 Å². The summed E-state index contributed by atoms with van der Waals surface area (Å²) < 4.78 is 0. The zero-order chi connectivity index (χ0) is 19.0. The molecule has 1 aromatic rings. The third-order valence-electron chi connectivity index (χ3n) is 6.00. The van der Waals surface area contributed by atoms with Crippen LogP contribution >= 0.6 is 0 Å². The number of carbonyl (C=O) groups is 2. The maximum absolute atomic E-state index is 13.3. The summed E-state index contributed by atoms with van der Waals surface area (Å²) in [5.41, 5.74) is 2.85. The molecule has 2 heterocycles. The van der Waals surface area contributed by atoms with Crippen molar-refractivity contribution >= 4 is 11.7 Å². The first-order valence-electron chi connectivity index (χ1n) is 10.0. The van der Waals surface area contributed by atoms with Gasteiger partial charge in [-0.15, -0.1) is 0 Å². The summed E-state index contributed by atoms with van der Waals surface area (Å²) in [7, 11) is 0. The molecular formula is C21H33N3O2. The number of nitrogens with zero attached hydrogens (tertiary/aromatic N) is 2. The Kier molecular flexibility index (Phi) is 5.56. The number of nitrogens with one attached hydrogen (secondary N) is 1. The maximum Gasteiger partial charge on any atom is 0.256 e. The van der Waals surface area contributed by atoms with E-state index in [0.29, 0.717) is 23.2 Å². The van der Waals surface area contributed by atoms with Gasteiger partial charge in [0.05, 0.1) is 11.3 Å². The lowest BCUT2D eigenvalue weighted by atomic mass is 10.0. The molecule has 2 fully saturated rings. The first-order chi connectivity index (χ1) is 12.3. The van der Waals surface area contributed by atoms with E-state index in [1.165, 1.54) is 19.4 Å². The molecule has 1 saturated heterocycles. The van der Waals surface area contributed by atoms with Crippen molar-refractivity contribution in [3.05, 3.63) is 22.5 Å². The van der Waals surface area contributed by atoms with Crippen LogP contribution in [0.5, 0.6) is 0 Å². The first-order valence-corrected chi connectivity index (χ1v) is 10.0. The number of amides is 1. The molecule has 0 aromatic carbocycles. The molecule has 0 bridgehead atoms. The highest BCUT2D eigenvalue weighted by molar-refractivity contribution is 6.02. The van der Waals surface area contributed by atoms with Gasteiger partial charge in [-0.1, -0.05) is 13.8 Å². The molecule has 1 aliphatic carbocycles. The molecule has 2 aliphatic rings. The Labute approximate surface area is 157 Å². The smallest absolute Gasteiger partial charge is 0.256 e. The van der Waals surface area contributed by atoms with Crippen LogP contribution in [0, 0.1) is 25.7 Å². The van der Waals surface area contributed by atoms with Gasteiger partial charge in [-0.05, 0) is 50.5 Å². The Morgan fingerprint density at radius 3 is 2.42 bits per heavy atom. The number of ketones is 1. The Morgan fingerprint density at radius 1 is 1.19 bits per heavy atom. The van der Waals surface area contributed by atoms with Crippen LogP contribution in [0.2, 0.25) is 0 Å². The first kappa shape index (κ1) is 19.2. The molecular weight excluding hydrogens is 326 g/mol. The highest BCUT2D eigenvalue weighted by atomic mass is 16.2. The van der Waals surface area contributed by atoms with Crippen molar-refractivity contribution in [2.75, 3.05) is 26.2 Å². The van der Waals surface area contributed by atoms with Gasteiger partial charge in [0, 0.05) is 44.8 Å². The summed E-state index contributed by atoms with van der Waals surface area (Å²) in [6, 6.07) is 0.411. The van der Waals surface area contributed by atoms with Gasteiger partial charge in [0.2, 0.25) is 0 Å². The van der Waals surface area contributed by atoms with Crippen molar-refractivity contribution in [3.63, 3.8) is 0 Å². The van der Waals surface area contributed by atoms with E-state index in [1.807, 2.05) is 18.7 Å². The monoisotopic (exact) mass is 359 g/mol. The molecule has 144 valence electrons. The summed E-state index contributed by atoms with van der Waals surface area (Å²) in [5.74, 6) is 1.44. The fourth-order valence-electron chi connectivity index (χ4n) is 4.32. The summed E-state index contributed by atoms with van der Waals surface area (Å²) >= 11 is 0. The van der Waals surface area contributed by atoms with E-state index in [1.54, 1.807) is 6.92 Å². The largest absolute Gasteiger partial charge is 0.355 e. The van der Waals surface area contributed by atoms with Crippen molar-refractivity contribution < 1.29 is 9.59 Å². The Hall–Kier alpha value is -1.62. The lowest BCUT2D eigenvalue weighted by Crippen LogP contribution is -2.46. The van der Waals surface area contributed by atoms with Gasteiger partial charge in [0.1, 0.15) is 0 Å². The highest BCUT2D eigenvalue weighted by Crippen LogP contribution is 2.32. The molecule has 1 atom stereocenters. The molecule has 1 saturated carbocycles. The third kappa shape index (κ3) is 3.88. The summed E-state index contributed by atoms with van der Waals surface area (Å²) in [5, 5.41) is 0. The van der Waals surface area contributed by atoms with Crippen LogP contribution in [0.3, 0.4) is 0 Å². The molecule has 26 heavy (non-hydrogen) atoms. The molecule has 0 radical (unpaired) electrons. The standard InChI is InChI=1S/C21H33N3O2/c1-13(2)18-12-24(10-6-9-23(18)11-17-7-8-17)21(26)19-14(3)20(16(5)25)22-15(19)4/h13,17-18,22H,6-12H2,1-5H3. The lowest BCUT2D eigenvalue weighted by molar-refractivity contribution is 0.0703. The zero-order valence-corrected chi connectivity index (χ0v) is 16.9. The number of hydrogen-bond acceptors (Lipinski definition) is 3. The minimum absolute atomic E-state index is 0.0174. The van der Waals surface area contributed by atoms with E-state index in [4.69, 9.17) is 0 Å². The molecule has 3 rings (SSSR count). The molecule has 1 aromatic heterocycles. The predicted molar refractivity (Wildman–Crippen MR) is 104 cm³/mol. The Balaban J connectivity index is 1.82. The van der Waals surface area contributed by atoms with Gasteiger partial charge in [-0.3, -0.25) is 14.5 Å². The van der Waals surface area contributed by atoms with Gasteiger partial charge in [0.25, 0.3) is 5.91 Å². The number of Topliss-reactive ketones (excluding diaryl/α,β-unsaturated/α-hetero) is 1. The van der Waals surface area contributed by atoms with Crippen molar-refractivity contribution in [3.8, 4) is 0 Å². The number of aromatic nitrogens is 1. The Bertz CT molecular complexity index is 688. The minimum atomic E-state index is -0.0174. The molecule has 1 amide bonds. The van der Waals surface area contributed by atoms with E-state index in [2.05, 4.69) is 23.7 Å². The molecule has 0 spiro atoms. The summed E-state index contributed by atoms with van der Waals surface area (Å²) in [4.78, 5) is 32.9. The van der Waals surface area contributed by atoms with Crippen molar-refractivity contribution in [1.29, 1.82) is 0 Å². The van der Waals surface area contributed by atoms with E-state index < -0.39 is 0 Å². The van der Waals surface area contributed by atoms with Crippen molar-refractivity contribution in [2.45, 2.75) is 59.9 Å². The molecule has 1 N–H and O–H groups in total. The highest BCUT2D eigenvalue weighted by Gasteiger charge is 2.34. The zero-order valence-electron chi connectivity index (χ0n) is 16.9. The number of carbonyl (C=O) groups excluding carboxylic acids is 2. The van der Waals surface area contributed by atoms with Crippen LogP contribution in [0.15, 0.2) is 0 Å². The number of aryl methyl sites for hydroxylation is 1. The van der Waals surface area contributed by atoms with Gasteiger partial charge in [-0.2, -0.15) is 0 Å². The predicted octanol–water partition coefficient (Wildman–Crippen LogP) is 3.42. The van der Waals surface area contributed by atoms with E-state index >= 15 is 0 Å². The second-order valence-electron chi connectivity index (χ2n) is 8.54. The van der Waals surface area contributed by atoms with E-state index in [-0.39, 0.29) is 11.7 Å². The molecule has 5 heteroatoms. The van der Waals surface area contributed by atoms with Crippen molar-refractivity contribution in [2.24, 2.45) is 11.8 Å². The van der Waals surface area contributed by atoms with Gasteiger partial charge in [0.15, 0.2) is 5.78 Å². The molecule has 1 unspecified atom stereocenters. The minimum Gasteiger partial charge on any atom is -0.355 e. The fraction of sp³-hybridized carbons (Fsp3) is 0.714. The summed E-state index contributed by atoms with van der Waals surface area (Å²) in [6.45, 7) is 13.7. The number of aromatic amines is 1. The Morgan fingerprint density at radius 2 is 1.88 bits per heavy atom. The van der Waals surface area contributed by atoms with Crippen LogP contribution in [-0.2, 0) is 0 Å². The molecule has 5 nitrogen and oxygen atoms in total. The third-order valence-corrected chi connectivity index (χ3v) is 6.00. The fourth-order valence-corrected chi connectivity index (χ4v) is 4.32. The second kappa shape index (κ2) is 7.55. The number of rotatable bonds is 5. The topological polar surface area (TPSA) is 56.4 Å². The van der Waals surface area contributed by atoms with Gasteiger partial charge < -0.3 is 9.88 Å². The van der Waals surface area contributed by atoms with Crippen molar-refractivity contribution in [1.82, 2.24) is 14.8 Å². The van der Waals surface area contributed by atoms with E-state index in [9.17, 15) is 9.59 Å². The average molecular weight is 360 g/mol. The SMILES string of the molecule is CC(=O)c1[nH]c(C)c(C(=O)N2CCCN(CC3CC3)C(C(C)C)C2)c1C. The lowest BCUT2D eigenvalue weighted by Gasteiger charge is -2.34. The summed E-state index contributed by atoms with van der Waals surface area (Å²) in [6.07, 6.45) is 3.74. The van der Waals surface area contributed by atoms with Crippen LogP contribution in [0.4, 0.5) is 0 Å². The quantitative estimate of drug-likeness (QED) is 0.820. The van der Waals surface area contributed by atoms with Crippen LogP contribution in [-0.4, -0.2) is 58.7 Å². The maximum atomic E-state index is 13.3. The normalized spacial score (nSPS) is 21.9. The van der Waals surface area contributed by atoms with Gasteiger partial charge in [-0.25, -0.2) is 0 Å². The van der Waals surface area contributed by atoms with Gasteiger partial charge >= 0.3 is 0 Å². The van der Waals surface area contributed by atoms with E-state index in [0.717, 1.165) is 43.2 Å². The number of hydrogen-bond donors (Lipinski definition) is 1. The van der Waals surface area contributed by atoms with Crippen LogP contribution < -0.4 is 0 Å². The van der Waals surface area contributed by atoms with Crippen LogP contribution in [0.25, 0.3) is 0 Å². The average Bonchev–Trinajstić information content (AvgIpc) is 3.35.